The van der Waals surface area contributed by atoms with Gasteiger partial charge < -0.3 is 15.7 Å². The van der Waals surface area contributed by atoms with Crippen molar-refractivity contribution in [3.8, 4) is 0 Å². The number of alkyl halides is 3. The number of carboxylic acid groups (broad SMARTS) is 1. The Hall–Kier alpha value is -2.25. The van der Waals surface area contributed by atoms with Gasteiger partial charge in [0.25, 0.3) is 0 Å². The van der Waals surface area contributed by atoms with Gasteiger partial charge in [0, 0.05) is 19.0 Å². The Morgan fingerprint density at radius 3 is 2.36 bits per heavy atom. The molecule has 3 N–H and O–H groups in total. The molecule has 2 rings (SSSR count). The van der Waals surface area contributed by atoms with Gasteiger partial charge in [0.1, 0.15) is 0 Å². The molecule has 0 spiro atoms. The van der Waals surface area contributed by atoms with Crippen LogP contribution < -0.4 is 10.6 Å². The van der Waals surface area contributed by atoms with Gasteiger partial charge in [-0.15, -0.1) is 0 Å². The topological polar surface area (TPSA) is 78.4 Å². The molecule has 1 aliphatic carbocycles. The minimum atomic E-state index is -4.33. The summed E-state index contributed by atoms with van der Waals surface area (Å²) < 4.78 is 38.6. The number of nitrogens with one attached hydrogen (secondary N) is 2. The van der Waals surface area contributed by atoms with Gasteiger partial charge in [0.2, 0.25) is 0 Å². The SMILES string of the molecule is O=C(O)CCC(Cc1ccccc1)NC(=O)NCC1(C(F)(F)F)CC1. The molecule has 0 heterocycles. The zero-order valence-corrected chi connectivity index (χ0v) is 13.6. The lowest BCUT2D eigenvalue weighted by atomic mass is 10.0. The first kappa shape index (κ1) is 19.1. The van der Waals surface area contributed by atoms with Crippen molar-refractivity contribution in [2.75, 3.05) is 6.54 Å². The van der Waals surface area contributed by atoms with Crippen LogP contribution in [-0.4, -0.2) is 35.9 Å². The number of benzene rings is 1. The van der Waals surface area contributed by atoms with E-state index < -0.39 is 36.2 Å². The summed E-state index contributed by atoms with van der Waals surface area (Å²) in [5, 5.41) is 13.7. The van der Waals surface area contributed by atoms with Gasteiger partial charge in [-0.05, 0) is 31.2 Å². The van der Waals surface area contributed by atoms with Crippen molar-refractivity contribution >= 4 is 12.0 Å². The minimum absolute atomic E-state index is 0.0171. The maximum atomic E-state index is 12.9. The maximum Gasteiger partial charge on any atom is 0.396 e. The highest BCUT2D eigenvalue weighted by atomic mass is 19.4. The van der Waals surface area contributed by atoms with Gasteiger partial charge in [-0.1, -0.05) is 30.3 Å². The predicted octanol–water partition coefficient (Wildman–Crippen LogP) is 3.10. The van der Waals surface area contributed by atoms with E-state index in [9.17, 15) is 22.8 Å². The Balaban J connectivity index is 1.89. The normalized spacial score (nSPS) is 16.8. The van der Waals surface area contributed by atoms with E-state index in [1.165, 1.54) is 0 Å². The van der Waals surface area contributed by atoms with E-state index in [1.807, 2.05) is 30.3 Å². The zero-order valence-electron chi connectivity index (χ0n) is 13.6. The molecular formula is C17H21F3N2O3. The van der Waals surface area contributed by atoms with Crippen molar-refractivity contribution < 1.29 is 27.9 Å². The van der Waals surface area contributed by atoms with Gasteiger partial charge in [-0.25, -0.2) is 4.79 Å². The van der Waals surface area contributed by atoms with Gasteiger partial charge in [-0.3, -0.25) is 4.79 Å². The van der Waals surface area contributed by atoms with Crippen molar-refractivity contribution in [2.45, 2.75) is 44.3 Å². The third kappa shape index (κ3) is 5.65. The molecule has 5 nitrogen and oxygen atoms in total. The Kier molecular flexibility index (Phi) is 5.92. The summed E-state index contributed by atoms with van der Waals surface area (Å²) in [5.41, 5.74) is -0.896. The van der Waals surface area contributed by atoms with Crippen LogP contribution in [0.1, 0.15) is 31.2 Å². The minimum Gasteiger partial charge on any atom is -0.481 e. The third-order valence-corrected chi connectivity index (χ3v) is 4.41. The van der Waals surface area contributed by atoms with Crippen LogP contribution in [0.3, 0.4) is 0 Å². The molecule has 138 valence electrons. The molecule has 1 aromatic carbocycles. The summed E-state index contributed by atoms with van der Waals surface area (Å²) in [7, 11) is 0. The second-order valence-electron chi connectivity index (χ2n) is 6.42. The number of halogens is 3. The quantitative estimate of drug-likeness (QED) is 0.668. The molecule has 8 heteroatoms. The molecule has 1 fully saturated rings. The largest absolute Gasteiger partial charge is 0.481 e. The van der Waals surface area contributed by atoms with Crippen LogP contribution in [0.2, 0.25) is 0 Å². The zero-order chi connectivity index (χ0) is 18.5. The average Bonchev–Trinajstić information content (AvgIpc) is 3.33. The molecule has 1 aliphatic rings. The number of carboxylic acids is 1. The molecule has 1 unspecified atom stereocenters. The van der Waals surface area contributed by atoms with Crippen LogP contribution in [0, 0.1) is 5.41 Å². The molecule has 1 aromatic rings. The molecule has 0 saturated heterocycles. The molecule has 0 radical (unpaired) electrons. The first-order chi connectivity index (χ1) is 11.7. The fourth-order valence-electron chi connectivity index (χ4n) is 2.62. The molecule has 25 heavy (non-hydrogen) atoms. The Morgan fingerprint density at radius 2 is 1.84 bits per heavy atom. The van der Waals surface area contributed by atoms with Crippen molar-refractivity contribution in [2.24, 2.45) is 5.41 Å². The van der Waals surface area contributed by atoms with Crippen molar-refractivity contribution in [3.05, 3.63) is 35.9 Å². The highest BCUT2D eigenvalue weighted by Crippen LogP contribution is 2.56. The van der Waals surface area contributed by atoms with Crippen molar-refractivity contribution in [1.82, 2.24) is 10.6 Å². The second-order valence-corrected chi connectivity index (χ2v) is 6.42. The van der Waals surface area contributed by atoms with Crippen molar-refractivity contribution in [3.63, 3.8) is 0 Å². The van der Waals surface area contributed by atoms with E-state index in [1.54, 1.807) is 0 Å². The van der Waals surface area contributed by atoms with E-state index in [2.05, 4.69) is 10.6 Å². The molecule has 2 amide bonds. The molecule has 0 aromatic heterocycles. The summed E-state index contributed by atoms with van der Waals surface area (Å²) in [6, 6.07) is 7.99. The summed E-state index contributed by atoms with van der Waals surface area (Å²) in [5.74, 6) is -0.991. The van der Waals surface area contributed by atoms with E-state index in [0.717, 1.165) is 5.56 Å². The number of urea groups is 1. The van der Waals surface area contributed by atoms with Crippen LogP contribution >= 0.6 is 0 Å². The number of carbonyl (C=O) groups excluding carboxylic acids is 1. The Labute approximate surface area is 143 Å². The Morgan fingerprint density at radius 1 is 1.20 bits per heavy atom. The lowest BCUT2D eigenvalue weighted by molar-refractivity contribution is -0.184. The number of rotatable bonds is 8. The third-order valence-electron chi connectivity index (χ3n) is 4.41. The highest BCUT2D eigenvalue weighted by molar-refractivity contribution is 5.74. The Bertz CT molecular complexity index is 601. The molecule has 1 atom stereocenters. The van der Waals surface area contributed by atoms with Crippen molar-refractivity contribution in [1.29, 1.82) is 0 Å². The van der Waals surface area contributed by atoms with E-state index in [0.29, 0.717) is 6.42 Å². The van der Waals surface area contributed by atoms with E-state index >= 15 is 0 Å². The van der Waals surface area contributed by atoms with Crippen LogP contribution in [0.4, 0.5) is 18.0 Å². The first-order valence-corrected chi connectivity index (χ1v) is 8.09. The fraction of sp³-hybridized carbons (Fsp3) is 0.529. The molecule has 0 bridgehead atoms. The van der Waals surface area contributed by atoms with Gasteiger partial charge >= 0.3 is 18.2 Å². The standard InChI is InChI=1S/C17H21F3N2O3/c18-17(19,20)16(8-9-16)11-21-15(25)22-13(6-7-14(23)24)10-12-4-2-1-3-5-12/h1-5,13H,6-11H2,(H,23,24)(H2,21,22,25). The van der Waals surface area contributed by atoms with Crippen LogP contribution in [0.5, 0.6) is 0 Å². The molecule has 0 aliphatic heterocycles. The summed E-state index contributed by atoms with van der Waals surface area (Å²) in [6.45, 7) is -0.459. The number of hydrogen-bond donors (Lipinski definition) is 3. The highest BCUT2D eigenvalue weighted by Gasteiger charge is 2.63. The second kappa shape index (κ2) is 7.76. The number of amides is 2. The average molecular weight is 358 g/mol. The van der Waals surface area contributed by atoms with Crippen LogP contribution in [0.25, 0.3) is 0 Å². The molecular weight excluding hydrogens is 337 g/mol. The fourth-order valence-corrected chi connectivity index (χ4v) is 2.62. The monoisotopic (exact) mass is 358 g/mol. The summed E-state index contributed by atoms with van der Waals surface area (Å²) in [4.78, 5) is 22.7. The number of hydrogen-bond acceptors (Lipinski definition) is 2. The lowest BCUT2D eigenvalue weighted by Gasteiger charge is -2.22. The van der Waals surface area contributed by atoms with E-state index in [-0.39, 0.29) is 25.7 Å². The number of carbonyl (C=O) groups is 2. The number of aliphatic carboxylic acids is 1. The van der Waals surface area contributed by atoms with Gasteiger partial charge in [-0.2, -0.15) is 13.2 Å². The van der Waals surface area contributed by atoms with Gasteiger partial charge in [0.15, 0.2) is 0 Å². The van der Waals surface area contributed by atoms with Crippen LogP contribution in [0.15, 0.2) is 30.3 Å². The predicted molar refractivity (Wildman–Crippen MR) is 85.1 cm³/mol. The molecule has 1 saturated carbocycles. The lowest BCUT2D eigenvalue weighted by Crippen LogP contribution is -2.47. The van der Waals surface area contributed by atoms with Crippen LogP contribution in [-0.2, 0) is 11.2 Å². The van der Waals surface area contributed by atoms with Gasteiger partial charge in [0.05, 0.1) is 5.41 Å². The summed E-state index contributed by atoms with van der Waals surface area (Å²) in [6.07, 6.45) is -3.82. The maximum absolute atomic E-state index is 12.9. The first-order valence-electron chi connectivity index (χ1n) is 8.09. The summed E-state index contributed by atoms with van der Waals surface area (Å²) >= 11 is 0. The smallest absolute Gasteiger partial charge is 0.396 e. The van der Waals surface area contributed by atoms with E-state index in [4.69, 9.17) is 5.11 Å².